The highest BCUT2D eigenvalue weighted by Gasteiger charge is 2.26. The van der Waals surface area contributed by atoms with Gasteiger partial charge in [-0.15, -0.1) is 0 Å². The molecular formula is C21H31NO2. The first-order valence-corrected chi connectivity index (χ1v) is 9.55. The van der Waals surface area contributed by atoms with Gasteiger partial charge in [0.25, 0.3) is 0 Å². The summed E-state index contributed by atoms with van der Waals surface area (Å²) in [7, 11) is 0. The van der Waals surface area contributed by atoms with E-state index in [0.29, 0.717) is 18.9 Å². The smallest absolute Gasteiger partial charge is 0.227 e. The van der Waals surface area contributed by atoms with Gasteiger partial charge in [-0.1, -0.05) is 50.3 Å². The fraction of sp³-hybridized carbons (Fsp3) is 0.619. The monoisotopic (exact) mass is 329 g/mol. The molecule has 0 spiro atoms. The van der Waals surface area contributed by atoms with Crippen molar-refractivity contribution in [2.45, 2.75) is 83.6 Å². The molecular weight excluding hydrogens is 298 g/mol. The molecule has 1 amide bonds. The molecule has 0 aromatic heterocycles. The van der Waals surface area contributed by atoms with Crippen LogP contribution in [0, 0.1) is 0 Å². The molecule has 2 rings (SSSR count). The van der Waals surface area contributed by atoms with E-state index in [9.17, 15) is 9.59 Å². The summed E-state index contributed by atoms with van der Waals surface area (Å²) < 4.78 is 0. The lowest BCUT2D eigenvalue weighted by molar-refractivity contribution is -0.119. The van der Waals surface area contributed by atoms with Crippen LogP contribution in [0.1, 0.15) is 77.6 Å². The van der Waals surface area contributed by atoms with Crippen molar-refractivity contribution in [3.63, 3.8) is 0 Å². The van der Waals surface area contributed by atoms with E-state index in [-0.39, 0.29) is 11.7 Å². The molecule has 1 saturated carbocycles. The van der Waals surface area contributed by atoms with Crippen molar-refractivity contribution in [2.75, 3.05) is 4.90 Å². The number of rotatable bonds is 9. The zero-order valence-corrected chi connectivity index (χ0v) is 15.0. The van der Waals surface area contributed by atoms with Gasteiger partial charge in [-0.2, -0.15) is 0 Å². The molecule has 1 fully saturated rings. The van der Waals surface area contributed by atoms with Gasteiger partial charge < -0.3 is 9.69 Å². The van der Waals surface area contributed by atoms with Crippen molar-refractivity contribution >= 4 is 17.4 Å². The largest absolute Gasteiger partial charge is 0.309 e. The SMILES string of the molecule is CC(=O)CCCCCCC(=O)N(c1ccccc1)C1CCCCC1. The fourth-order valence-corrected chi connectivity index (χ4v) is 3.61. The van der Waals surface area contributed by atoms with Crippen LogP contribution in [0.15, 0.2) is 30.3 Å². The van der Waals surface area contributed by atoms with Gasteiger partial charge in [-0.3, -0.25) is 4.79 Å². The Labute approximate surface area is 146 Å². The van der Waals surface area contributed by atoms with Gasteiger partial charge in [0.05, 0.1) is 0 Å². The van der Waals surface area contributed by atoms with E-state index < -0.39 is 0 Å². The summed E-state index contributed by atoms with van der Waals surface area (Å²) in [5.41, 5.74) is 1.05. The number of benzene rings is 1. The minimum absolute atomic E-state index is 0.263. The van der Waals surface area contributed by atoms with Crippen LogP contribution in [0.3, 0.4) is 0 Å². The second-order valence-electron chi connectivity index (χ2n) is 7.01. The standard InChI is InChI=1S/C21H31NO2/c1-18(23)12-6-2-3-11-17-21(24)22(19-13-7-4-8-14-19)20-15-9-5-10-16-20/h4,7-8,13-14,20H,2-3,5-6,9-12,15-17H2,1H3. The maximum Gasteiger partial charge on any atom is 0.227 e. The zero-order chi connectivity index (χ0) is 17.2. The van der Waals surface area contributed by atoms with Crippen LogP contribution in [0.2, 0.25) is 0 Å². The predicted octanol–water partition coefficient (Wildman–Crippen LogP) is 5.28. The van der Waals surface area contributed by atoms with Crippen molar-refractivity contribution in [3.05, 3.63) is 30.3 Å². The summed E-state index contributed by atoms with van der Waals surface area (Å²) in [6, 6.07) is 10.5. The highest BCUT2D eigenvalue weighted by molar-refractivity contribution is 5.93. The molecule has 1 aliphatic carbocycles. The Balaban J connectivity index is 1.87. The van der Waals surface area contributed by atoms with Crippen LogP contribution in [0.25, 0.3) is 0 Å². The van der Waals surface area contributed by atoms with E-state index in [2.05, 4.69) is 17.0 Å². The quantitative estimate of drug-likeness (QED) is 0.578. The van der Waals surface area contributed by atoms with Gasteiger partial charge >= 0.3 is 0 Å². The van der Waals surface area contributed by atoms with Crippen LogP contribution >= 0.6 is 0 Å². The maximum absolute atomic E-state index is 12.9. The minimum atomic E-state index is 0.263. The molecule has 0 radical (unpaired) electrons. The summed E-state index contributed by atoms with van der Waals surface area (Å²) in [5.74, 6) is 0.526. The average Bonchev–Trinajstić information content (AvgIpc) is 2.60. The van der Waals surface area contributed by atoms with E-state index in [1.54, 1.807) is 6.92 Å². The third kappa shape index (κ3) is 6.10. The lowest BCUT2D eigenvalue weighted by atomic mass is 9.93. The first kappa shape index (κ1) is 18.7. The number of amides is 1. The van der Waals surface area contributed by atoms with Gasteiger partial charge in [0.1, 0.15) is 5.78 Å². The van der Waals surface area contributed by atoms with E-state index >= 15 is 0 Å². The van der Waals surface area contributed by atoms with Gasteiger partial charge in [-0.25, -0.2) is 0 Å². The highest BCUT2D eigenvalue weighted by atomic mass is 16.2. The minimum Gasteiger partial charge on any atom is -0.309 e. The van der Waals surface area contributed by atoms with Crippen molar-refractivity contribution in [2.24, 2.45) is 0 Å². The van der Waals surface area contributed by atoms with Crippen LogP contribution in [-0.2, 0) is 9.59 Å². The number of Topliss-reactive ketones (excluding diaryl/α,β-unsaturated/α-hetero) is 1. The third-order valence-electron chi connectivity index (χ3n) is 4.91. The van der Waals surface area contributed by atoms with Gasteiger partial charge in [0.2, 0.25) is 5.91 Å². The molecule has 0 bridgehead atoms. The molecule has 0 saturated heterocycles. The molecule has 24 heavy (non-hydrogen) atoms. The third-order valence-corrected chi connectivity index (χ3v) is 4.91. The number of hydrogen-bond acceptors (Lipinski definition) is 2. The Morgan fingerprint density at radius 2 is 1.54 bits per heavy atom. The molecule has 3 heteroatoms. The number of hydrogen-bond donors (Lipinski definition) is 0. The Bertz CT molecular complexity index is 506. The molecule has 0 aliphatic heterocycles. The molecule has 132 valence electrons. The van der Waals surface area contributed by atoms with Gasteiger partial charge in [0.15, 0.2) is 0 Å². The van der Waals surface area contributed by atoms with Crippen LogP contribution in [0.5, 0.6) is 0 Å². The van der Waals surface area contributed by atoms with Gasteiger partial charge in [-0.05, 0) is 44.7 Å². The lowest BCUT2D eigenvalue weighted by Crippen LogP contribution is -2.41. The molecule has 0 unspecified atom stereocenters. The van der Waals surface area contributed by atoms with Crippen molar-refractivity contribution in [1.29, 1.82) is 0 Å². The average molecular weight is 329 g/mol. The summed E-state index contributed by atoms with van der Waals surface area (Å²) in [6.07, 6.45) is 11.2. The first-order chi connectivity index (χ1) is 11.7. The molecule has 0 atom stereocenters. The molecule has 1 aromatic rings. The topological polar surface area (TPSA) is 37.4 Å². The maximum atomic E-state index is 12.9. The number of ketones is 1. The molecule has 0 N–H and O–H groups in total. The second-order valence-corrected chi connectivity index (χ2v) is 7.01. The number of para-hydroxylation sites is 1. The number of anilines is 1. The fourth-order valence-electron chi connectivity index (χ4n) is 3.61. The van der Waals surface area contributed by atoms with E-state index in [1.165, 1.54) is 19.3 Å². The first-order valence-electron chi connectivity index (χ1n) is 9.55. The predicted molar refractivity (Wildman–Crippen MR) is 99.2 cm³/mol. The second kappa shape index (κ2) is 10.3. The lowest BCUT2D eigenvalue weighted by Gasteiger charge is -2.34. The van der Waals surface area contributed by atoms with E-state index in [1.807, 2.05) is 18.2 Å². The number of carbonyl (C=O) groups excluding carboxylic acids is 2. The number of carbonyl (C=O) groups is 2. The van der Waals surface area contributed by atoms with Gasteiger partial charge in [0, 0.05) is 24.6 Å². The Kier molecular flexibility index (Phi) is 8.00. The van der Waals surface area contributed by atoms with Crippen molar-refractivity contribution in [1.82, 2.24) is 0 Å². The molecule has 0 heterocycles. The zero-order valence-electron chi connectivity index (χ0n) is 15.0. The Morgan fingerprint density at radius 1 is 0.917 bits per heavy atom. The summed E-state index contributed by atoms with van der Waals surface area (Å²) in [6.45, 7) is 1.64. The van der Waals surface area contributed by atoms with E-state index in [4.69, 9.17) is 0 Å². The number of nitrogens with zero attached hydrogens (tertiary/aromatic N) is 1. The molecule has 3 nitrogen and oxygen atoms in total. The Morgan fingerprint density at radius 3 is 2.17 bits per heavy atom. The highest BCUT2D eigenvalue weighted by Crippen LogP contribution is 2.28. The number of unbranched alkanes of at least 4 members (excludes halogenated alkanes) is 3. The molecule has 1 aromatic carbocycles. The van der Waals surface area contributed by atoms with Crippen molar-refractivity contribution in [3.8, 4) is 0 Å². The summed E-state index contributed by atoms with van der Waals surface area (Å²) in [4.78, 5) is 25.9. The normalized spacial score (nSPS) is 15.2. The van der Waals surface area contributed by atoms with Crippen LogP contribution in [0.4, 0.5) is 5.69 Å². The van der Waals surface area contributed by atoms with Crippen LogP contribution < -0.4 is 4.90 Å². The molecule has 1 aliphatic rings. The summed E-state index contributed by atoms with van der Waals surface area (Å²) >= 11 is 0. The van der Waals surface area contributed by atoms with Crippen molar-refractivity contribution < 1.29 is 9.59 Å². The Hall–Kier alpha value is -1.64. The van der Waals surface area contributed by atoms with E-state index in [0.717, 1.165) is 44.2 Å². The van der Waals surface area contributed by atoms with Crippen LogP contribution in [-0.4, -0.2) is 17.7 Å². The summed E-state index contributed by atoms with van der Waals surface area (Å²) in [5, 5.41) is 0.